The summed E-state index contributed by atoms with van der Waals surface area (Å²) >= 11 is 0. The van der Waals surface area contributed by atoms with Gasteiger partial charge >= 0.3 is 0 Å². The van der Waals surface area contributed by atoms with Gasteiger partial charge in [0.25, 0.3) is 0 Å². The van der Waals surface area contributed by atoms with Crippen LogP contribution < -0.4 is 11.1 Å². The normalized spacial score (nSPS) is 13.1. The van der Waals surface area contributed by atoms with E-state index in [-0.39, 0.29) is 5.75 Å². The standard InChI is InChI=1S/C11H10N2O/c12-8-4-6-5-13-9-3-1-2-7(10(6)9)11(8)14/h1-4,13-14H,5,12H2. The molecule has 0 aliphatic carbocycles. The molecule has 4 N–H and O–H groups in total. The maximum Gasteiger partial charge on any atom is 0.146 e. The fourth-order valence-corrected chi connectivity index (χ4v) is 2.06. The molecule has 0 atom stereocenters. The zero-order valence-corrected chi connectivity index (χ0v) is 7.54. The van der Waals surface area contributed by atoms with Crippen molar-refractivity contribution in [1.29, 1.82) is 0 Å². The molecule has 0 bridgehead atoms. The minimum Gasteiger partial charge on any atom is -0.505 e. The first-order valence-corrected chi connectivity index (χ1v) is 4.54. The molecular weight excluding hydrogens is 176 g/mol. The van der Waals surface area contributed by atoms with E-state index in [0.717, 1.165) is 28.6 Å². The molecule has 70 valence electrons. The fourth-order valence-electron chi connectivity index (χ4n) is 2.06. The van der Waals surface area contributed by atoms with Crippen LogP contribution in [-0.2, 0) is 6.54 Å². The smallest absolute Gasteiger partial charge is 0.146 e. The van der Waals surface area contributed by atoms with Crippen molar-refractivity contribution in [2.75, 3.05) is 11.1 Å². The van der Waals surface area contributed by atoms with Crippen LogP contribution in [-0.4, -0.2) is 5.11 Å². The Morgan fingerprint density at radius 2 is 2.21 bits per heavy atom. The van der Waals surface area contributed by atoms with Gasteiger partial charge in [-0.15, -0.1) is 0 Å². The third-order valence-corrected chi connectivity index (χ3v) is 2.71. The molecule has 1 heterocycles. The van der Waals surface area contributed by atoms with Crippen molar-refractivity contribution in [3.63, 3.8) is 0 Å². The number of nitrogens with two attached hydrogens (primary N) is 1. The van der Waals surface area contributed by atoms with Crippen molar-refractivity contribution < 1.29 is 5.11 Å². The summed E-state index contributed by atoms with van der Waals surface area (Å²) in [7, 11) is 0. The van der Waals surface area contributed by atoms with Crippen molar-refractivity contribution in [1.82, 2.24) is 0 Å². The predicted octanol–water partition coefficient (Wildman–Crippen LogP) is 2.05. The zero-order valence-electron chi connectivity index (χ0n) is 7.54. The van der Waals surface area contributed by atoms with Gasteiger partial charge in [0.1, 0.15) is 5.75 Å². The van der Waals surface area contributed by atoms with Crippen LogP contribution in [0.25, 0.3) is 10.8 Å². The minimum absolute atomic E-state index is 0.189. The Kier molecular flexibility index (Phi) is 1.24. The van der Waals surface area contributed by atoms with E-state index in [2.05, 4.69) is 5.32 Å². The molecule has 2 aromatic carbocycles. The number of nitrogens with one attached hydrogen (secondary N) is 1. The van der Waals surface area contributed by atoms with Gasteiger partial charge in [0.2, 0.25) is 0 Å². The predicted molar refractivity (Wildman–Crippen MR) is 57.4 cm³/mol. The fraction of sp³-hybridized carbons (Fsp3) is 0.0909. The summed E-state index contributed by atoms with van der Waals surface area (Å²) in [6.45, 7) is 0.792. The average molecular weight is 186 g/mol. The van der Waals surface area contributed by atoms with Crippen LogP contribution in [0.5, 0.6) is 5.75 Å². The lowest BCUT2D eigenvalue weighted by Crippen LogP contribution is -1.90. The number of hydrogen-bond donors (Lipinski definition) is 3. The molecule has 1 aliphatic rings. The summed E-state index contributed by atoms with van der Waals surface area (Å²) < 4.78 is 0. The van der Waals surface area contributed by atoms with E-state index >= 15 is 0 Å². The van der Waals surface area contributed by atoms with Crippen molar-refractivity contribution in [3.8, 4) is 5.75 Å². The summed E-state index contributed by atoms with van der Waals surface area (Å²) in [6, 6.07) is 7.65. The van der Waals surface area contributed by atoms with Gasteiger partial charge in [0, 0.05) is 23.0 Å². The first-order valence-electron chi connectivity index (χ1n) is 4.54. The molecule has 3 nitrogen and oxygen atoms in total. The Morgan fingerprint density at radius 1 is 1.36 bits per heavy atom. The number of aromatic hydroxyl groups is 1. The molecule has 14 heavy (non-hydrogen) atoms. The van der Waals surface area contributed by atoms with E-state index in [1.54, 1.807) is 0 Å². The molecule has 0 amide bonds. The Morgan fingerprint density at radius 3 is 3.07 bits per heavy atom. The summed E-state index contributed by atoms with van der Waals surface area (Å²) in [6.07, 6.45) is 0. The van der Waals surface area contributed by atoms with Gasteiger partial charge in [0.05, 0.1) is 5.69 Å². The van der Waals surface area contributed by atoms with Gasteiger partial charge in [-0.2, -0.15) is 0 Å². The highest BCUT2D eigenvalue weighted by Gasteiger charge is 2.16. The Hall–Kier alpha value is -1.90. The molecule has 3 heteroatoms. The molecule has 3 rings (SSSR count). The maximum atomic E-state index is 9.78. The van der Waals surface area contributed by atoms with Crippen molar-refractivity contribution in [2.45, 2.75) is 6.54 Å². The molecular formula is C11H10N2O. The van der Waals surface area contributed by atoms with Crippen LogP contribution in [0.4, 0.5) is 11.4 Å². The highest BCUT2D eigenvalue weighted by atomic mass is 16.3. The van der Waals surface area contributed by atoms with E-state index in [0.29, 0.717) is 5.69 Å². The maximum absolute atomic E-state index is 9.78. The second-order valence-corrected chi connectivity index (χ2v) is 3.56. The highest BCUT2D eigenvalue weighted by Crippen LogP contribution is 2.40. The molecule has 0 saturated heterocycles. The summed E-state index contributed by atoms with van der Waals surface area (Å²) in [5.74, 6) is 0.189. The number of phenolic OH excluding ortho intramolecular Hbond substituents is 1. The lowest BCUT2D eigenvalue weighted by Gasteiger charge is -2.05. The Labute approximate surface area is 81.2 Å². The number of nitrogen functional groups attached to an aromatic ring is 1. The zero-order chi connectivity index (χ0) is 9.71. The van der Waals surface area contributed by atoms with Crippen molar-refractivity contribution in [3.05, 3.63) is 29.8 Å². The van der Waals surface area contributed by atoms with E-state index in [4.69, 9.17) is 5.73 Å². The first kappa shape index (κ1) is 7.50. The summed E-state index contributed by atoms with van der Waals surface area (Å²) in [4.78, 5) is 0. The molecule has 0 fully saturated rings. The highest BCUT2D eigenvalue weighted by molar-refractivity contribution is 6.04. The van der Waals surface area contributed by atoms with Crippen LogP contribution in [0.15, 0.2) is 24.3 Å². The van der Waals surface area contributed by atoms with Gasteiger partial charge in [-0.1, -0.05) is 12.1 Å². The average Bonchev–Trinajstić information content (AvgIpc) is 2.59. The monoisotopic (exact) mass is 186 g/mol. The Bertz CT molecular complexity index is 534. The van der Waals surface area contributed by atoms with E-state index in [9.17, 15) is 5.11 Å². The molecule has 0 aromatic heterocycles. The first-order chi connectivity index (χ1) is 6.77. The van der Waals surface area contributed by atoms with E-state index in [1.807, 2.05) is 24.3 Å². The number of anilines is 2. The van der Waals surface area contributed by atoms with E-state index in [1.165, 1.54) is 0 Å². The summed E-state index contributed by atoms with van der Waals surface area (Å²) in [5.41, 5.74) is 8.39. The molecule has 2 aromatic rings. The van der Waals surface area contributed by atoms with Crippen LogP contribution >= 0.6 is 0 Å². The largest absolute Gasteiger partial charge is 0.505 e. The number of phenols is 1. The number of hydrogen-bond acceptors (Lipinski definition) is 3. The molecule has 0 radical (unpaired) electrons. The second kappa shape index (κ2) is 2.32. The summed E-state index contributed by atoms with van der Waals surface area (Å²) in [5, 5.41) is 15.0. The topological polar surface area (TPSA) is 58.3 Å². The van der Waals surface area contributed by atoms with Gasteiger partial charge < -0.3 is 16.2 Å². The molecule has 0 spiro atoms. The van der Waals surface area contributed by atoms with Crippen LogP contribution in [0, 0.1) is 0 Å². The Balaban J connectivity index is 2.57. The minimum atomic E-state index is 0.189. The van der Waals surface area contributed by atoms with Gasteiger partial charge in [0.15, 0.2) is 0 Å². The van der Waals surface area contributed by atoms with Gasteiger partial charge in [-0.25, -0.2) is 0 Å². The van der Waals surface area contributed by atoms with Crippen LogP contribution in [0.2, 0.25) is 0 Å². The van der Waals surface area contributed by atoms with Crippen LogP contribution in [0.1, 0.15) is 5.56 Å². The van der Waals surface area contributed by atoms with Crippen LogP contribution in [0.3, 0.4) is 0 Å². The number of rotatable bonds is 0. The quantitative estimate of drug-likeness (QED) is 0.436. The molecule has 1 aliphatic heterocycles. The van der Waals surface area contributed by atoms with Gasteiger partial charge in [-0.05, 0) is 17.7 Å². The van der Waals surface area contributed by atoms with Gasteiger partial charge in [-0.3, -0.25) is 0 Å². The van der Waals surface area contributed by atoms with Crippen molar-refractivity contribution >= 4 is 22.1 Å². The lowest BCUT2D eigenvalue weighted by molar-refractivity contribution is 0.484. The third kappa shape index (κ3) is 0.763. The third-order valence-electron chi connectivity index (χ3n) is 2.71. The molecule has 0 saturated carbocycles. The number of benzene rings is 2. The van der Waals surface area contributed by atoms with E-state index < -0.39 is 0 Å². The second-order valence-electron chi connectivity index (χ2n) is 3.56. The molecule has 0 unspecified atom stereocenters. The SMILES string of the molecule is Nc1cc2c3c(cccc3c1O)NC2. The lowest BCUT2D eigenvalue weighted by atomic mass is 10.0. The van der Waals surface area contributed by atoms with Crippen molar-refractivity contribution in [2.24, 2.45) is 0 Å².